The number of rotatable bonds is 6. The lowest BCUT2D eigenvalue weighted by atomic mass is 10.1. The summed E-state index contributed by atoms with van der Waals surface area (Å²) >= 11 is 3.40. The number of nitrogens with one attached hydrogen (secondary N) is 1. The van der Waals surface area contributed by atoms with Gasteiger partial charge in [-0.15, -0.1) is 0 Å². The van der Waals surface area contributed by atoms with Crippen LogP contribution in [0.3, 0.4) is 0 Å². The van der Waals surface area contributed by atoms with Crippen molar-refractivity contribution in [1.82, 2.24) is 5.32 Å². The first-order valence-corrected chi connectivity index (χ1v) is 6.61. The predicted octanol–water partition coefficient (Wildman–Crippen LogP) is 2.23. The number of nitrogens with two attached hydrogens (primary N) is 1. The number of primary amides is 1. The quantitative estimate of drug-likeness (QED) is 0.846. The second-order valence-electron chi connectivity index (χ2n) is 4.53. The topological polar surface area (TPSA) is 64.3 Å². The summed E-state index contributed by atoms with van der Waals surface area (Å²) in [5, 5.41) is 3.16. The number of carbonyl (C=O) groups is 1. The largest absolute Gasteiger partial charge is 0.496 e. The Morgan fingerprint density at radius 3 is 2.61 bits per heavy atom. The van der Waals surface area contributed by atoms with Gasteiger partial charge in [0.05, 0.1) is 11.6 Å². The summed E-state index contributed by atoms with van der Waals surface area (Å²) in [5.41, 5.74) is 6.26. The van der Waals surface area contributed by atoms with E-state index in [1.54, 1.807) is 7.11 Å². The second-order valence-corrected chi connectivity index (χ2v) is 5.39. The smallest absolute Gasteiger partial charge is 0.239 e. The fourth-order valence-electron chi connectivity index (χ4n) is 1.60. The molecule has 0 saturated heterocycles. The highest BCUT2D eigenvalue weighted by Crippen LogP contribution is 2.28. The molecular weight excluding hydrogens is 296 g/mol. The van der Waals surface area contributed by atoms with Crippen molar-refractivity contribution in [2.24, 2.45) is 11.7 Å². The highest BCUT2D eigenvalue weighted by Gasteiger charge is 2.18. The molecule has 0 fully saturated rings. The van der Waals surface area contributed by atoms with E-state index in [2.05, 4.69) is 35.1 Å². The minimum Gasteiger partial charge on any atom is -0.496 e. The molecule has 0 spiro atoms. The van der Waals surface area contributed by atoms with E-state index in [9.17, 15) is 4.79 Å². The van der Waals surface area contributed by atoms with Gasteiger partial charge in [-0.05, 0) is 46.1 Å². The lowest BCUT2D eigenvalue weighted by molar-refractivity contribution is -0.120. The highest BCUT2D eigenvalue weighted by atomic mass is 79.9. The Morgan fingerprint density at radius 1 is 1.50 bits per heavy atom. The minimum atomic E-state index is -0.477. The number of benzene rings is 1. The van der Waals surface area contributed by atoms with E-state index >= 15 is 0 Å². The number of halogens is 1. The molecule has 100 valence electrons. The number of carbonyl (C=O) groups excluding carboxylic acids is 1. The van der Waals surface area contributed by atoms with E-state index in [-0.39, 0.29) is 5.91 Å². The van der Waals surface area contributed by atoms with Crippen LogP contribution in [0, 0.1) is 5.92 Å². The highest BCUT2D eigenvalue weighted by molar-refractivity contribution is 9.10. The fourth-order valence-corrected chi connectivity index (χ4v) is 2.16. The maximum Gasteiger partial charge on any atom is 0.239 e. The van der Waals surface area contributed by atoms with Crippen molar-refractivity contribution >= 4 is 21.8 Å². The zero-order chi connectivity index (χ0) is 13.7. The molecule has 0 aliphatic heterocycles. The third kappa shape index (κ3) is 3.99. The Morgan fingerprint density at radius 2 is 2.17 bits per heavy atom. The predicted molar refractivity (Wildman–Crippen MR) is 75.5 cm³/mol. The maximum absolute atomic E-state index is 11.5. The molecule has 3 N–H and O–H groups in total. The Labute approximate surface area is 116 Å². The third-order valence-corrected chi connectivity index (χ3v) is 3.14. The molecule has 1 atom stereocenters. The first-order valence-electron chi connectivity index (χ1n) is 5.81. The Bertz CT molecular complexity index is 421. The second kappa shape index (κ2) is 6.75. The van der Waals surface area contributed by atoms with Crippen LogP contribution in [0.15, 0.2) is 22.7 Å². The number of amides is 1. The van der Waals surface area contributed by atoms with Gasteiger partial charge >= 0.3 is 0 Å². The summed E-state index contributed by atoms with van der Waals surface area (Å²) in [6.07, 6.45) is 0. The third-order valence-electron chi connectivity index (χ3n) is 2.52. The van der Waals surface area contributed by atoms with Gasteiger partial charge in [-0.2, -0.15) is 0 Å². The van der Waals surface area contributed by atoms with Crippen LogP contribution in [0.5, 0.6) is 5.75 Å². The molecule has 0 radical (unpaired) electrons. The number of hydrogen-bond donors (Lipinski definition) is 2. The Hall–Kier alpha value is -1.07. The zero-order valence-corrected chi connectivity index (χ0v) is 12.5. The molecule has 0 saturated carbocycles. The zero-order valence-electron chi connectivity index (χ0n) is 10.9. The lowest BCUT2D eigenvalue weighted by Gasteiger charge is -2.18. The van der Waals surface area contributed by atoms with E-state index in [1.165, 1.54) is 0 Å². The maximum atomic E-state index is 11.5. The van der Waals surface area contributed by atoms with Gasteiger partial charge in [0.2, 0.25) is 5.91 Å². The lowest BCUT2D eigenvalue weighted by Crippen LogP contribution is -2.35. The van der Waals surface area contributed by atoms with Gasteiger partial charge in [-0.25, -0.2) is 0 Å². The fraction of sp³-hybridized carbons (Fsp3) is 0.462. The molecule has 0 aliphatic carbocycles. The molecular formula is C13H19BrN2O2. The molecule has 1 unspecified atom stereocenters. The van der Waals surface area contributed by atoms with Crippen molar-refractivity contribution in [1.29, 1.82) is 0 Å². The van der Waals surface area contributed by atoms with E-state index in [0.29, 0.717) is 5.92 Å². The molecule has 1 aromatic rings. The number of ether oxygens (including phenoxy) is 1. The van der Waals surface area contributed by atoms with Crippen LogP contribution in [0.2, 0.25) is 0 Å². The molecule has 1 amide bonds. The first kappa shape index (κ1) is 15.0. The molecule has 0 heterocycles. The van der Waals surface area contributed by atoms with Crippen molar-refractivity contribution in [2.75, 3.05) is 13.7 Å². The van der Waals surface area contributed by atoms with Crippen molar-refractivity contribution in [3.8, 4) is 5.75 Å². The SMILES string of the molecule is COc1ccc(C(NCC(C)C)C(N)=O)cc1Br. The van der Waals surface area contributed by atoms with Crippen LogP contribution in [0.25, 0.3) is 0 Å². The summed E-state index contributed by atoms with van der Waals surface area (Å²) in [4.78, 5) is 11.5. The summed E-state index contributed by atoms with van der Waals surface area (Å²) < 4.78 is 5.96. The van der Waals surface area contributed by atoms with E-state index in [4.69, 9.17) is 10.5 Å². The average molecular weight is 315 g/mol. The van der Waals surface area contributed by atoms with Crippen LogP contribution in [0.1, 0.15) is 25.5 Å². The Kier molecular flexibility index (Phi) is 5.62. The van der Waals surface area contributed by atoms with Crippen molar-refractivity contribution in [3.05, 3.63) is 28.2 Å². The van der Waals surface area contributed by atoms with Crippen LogP contribution in [-0.2, 0) is 4.79 Å². The van der Waals surface area contributed by atoms with Gasteiger partial charge in [-0.3, -0.25) is 4.79 Å². The van der Waals surface area contributed by atoms with Crippen LogP contribution < -0.4 is 15.8 Å². The Balaban J connectivity index is 2.92. The monoisotopic (exact) mass is 314 g/mol. The molecule has 5 heteroatoms. The summed E-state index contributed by atoms with van der Waals surface area (Å²) in [6, 6.07) is 5.02. The van der Waals surface area contributed by atoms with Gasteiger partial charge in [-0.1, -0.05) is 19.9 Å². The van der Waals surface area contributed by atoms with E-state index < -0.39 is 6.04 Å². The first-order chi connectivity index (χ1) is 8.45. The van der Waals surface area contributed by atoms with Gasteiger partial charge in [0.1, 0.15) is 11.8 Å². The molecule has 1 rings (SSSR count). The molecule has 0 aliphatic rings. The molecule has 1 aromatic carbocycles. The van der Waals surface area contributed by atoms with Gasteiger partial charge in [0, 0.05) is 0 Å². The van der Waals surface area contributed by atoms with E-state index in [1.807, 2.05) is 18.2 Å². The van der Waals surface area contributed by atoms with Crippen LogP contribution in [0.4, 0.5) is 0 Å². The summed E-state index contributed by atoms with van der Waals surface area (Å²) in [5.74, 6) is 0.798. The van der Waals surface area contributed by atoms with Crippen LogP contribution in [-0.4, -0.2) is 19.6 Å². The summed E-state index contributed by atoms with van der Waals surface area (Å²) in [6.45, 7) is 4.89. The van der Waals surface area contributed by atoms with Gasteiger partial charge in [0.25, 0.3) is 0 Å². The molecule has 0 bridgehead atoms. The van der Waals surface area contributed by atoms with Gasteiger partial charge < -0.3 is 15.8 Å². The van der Waals surface area contributed by atoms with Crippen LogP contribution >= 0.6 is 15.9 Å². The molecule has 0 aromatic heterocycles. The van der Waals surface area contributed by atoms with Gasteiger partial charge in [0.15, 0.2) is 0 Å². The molecule has 18 heavy (non-hydrogen) atoms. The minimum absolute atomic E-state index is 0.382. The molecule has 4 nitrogen and oxygen atoms in total. The van der Waals surface area contributed by atoms with Crippen molar-refractivity contribution < 1.29 is 9.53 Å². The van der Waals surface area contributed by atoms with Crippen molar-refractivity contribution in [3.63, 3.8) is 0 Å². The number of hydrogen-bond acceptors (Lipinski definition) is 3. The van der Waals surface area contributed by atoms with E-state index in [0.717, 1.165) is 22.3 Å². The normalized spacial score (nSPS) is 12.5. The number of methoxy groups -OCH3 is 1. The summed E-state index contributed by atoms with van der Waals surface area (Å²) in [7, 11) is 1.60. The van der Waals surface area contributed by atoms with Crippen molar-refractivity contribution in [2.45, 2.75) is 19.9 Å². The standard InChI is InChI=1S/C13H19BrN2O2/c1-8(2)7-16-12(13(15)17)9-4-5-11(18-3)10(14)6-9/h4-6,8,12,16H,7H2,1-3H3,(H2,15,17). The average Bonchev–Trinajstić information content (AvgIpc) is 2.28.